The minimum absolute atomic E-state index is 0.0730. The Kier molecular flexibility index (Phi) is 4.30. The minimum atomic E-state index is -0.652. The van der Waals surface area contributed by atoms with Gasteiger partial charge in [-0.05, 0) is 24.3 Å². The van der Waals surface area contributed by atoms with Crippen molar-refractivity contribution in [3.63, 3.8) is 0 Å². The van der Waals surface area contributed by atoms with Gasteiger partial charge in [0.1, 0.15) is 11.6 Å². The number of esters is 1. The third-order valence-corrected chi connectivity index (χ3v) is 2.81. The first-order chi connectivity index (χ1) is 9.61. The summed E-state index contributed by atoms with van der Waals surface area (Å²) in [7, 11) is 1.22. The third-order valence-electron chi connectivity index (χ3n) is 2.81. The van der Waals surface area contributed by atoms with Crippen molar-refractivity contribution in [3.8, 4) is 0 Å². The lowest BCUT2D eigenvalue weighted by atomic mass is 10.1. The Bertz CT molecular complexity index is 629. The number of hydrogen-bond acceptors (Lipinski definition) is 3. The quantitative estimate of drug-likeness (QED) is 0.871. The second kappa shape index (κ2) is 6.14. The van der Waals surface area contributed by atoms with Crippen molar-refractivity contribution in [2.24, 2.45) is 0 Å². The van der Waals surface area contributed by atoms with Gasteiger partial charge in [0.05, 0.1) is 12.7 Å². The van der Waals surface area contributed by atoms with Gasteiger partial charge in [-0.1, -0.05) is 18.2 Å². The van der Waals surface area contributed by atoms with Crippen LogP contribution < -0.4 is 5.32 Å². The van der Waals surface area contributed by atoms with Crippen LogP contribution in [0.25, 0.3) is 0 Å². The SMILES string of the molecule is COC(=O)c1cc(F)ccc1NCc1ccccc1F. The molecular weight excluding hydrogens is 264 g/mol. The maximum atomic E-state index is 13.5. The van der Waals surface area contributed by atoms with Crippen LogP contribution in [0.5, 0.6) is 0 Å². The van der Waals surface area contributed by atoms with Crippen LogP contribution in [0.1, 0.15) is 15.9 Å². The number of carbonyl (C=O) groups excluding carboxylic acids is 1. The predicted octanol–water partition coefficient (Wildman–Crippen LogP) is 3.36. The van der Waals surface area contributed by atoms with Crippen LogP contribution in [0.2, 0.25) is 0 Å². The summed E-state index contributed by atoms with van der Waals surface area (Å²) < 4.78 is 31.3. The zero-order valence-electron chi connectivity index (χ0n) is 10.8. The van der Waals surface area contributed by atoms with Crippen LogP contribution in [-0.2, 0) is 11.3 Å². The summed E-state index contributed by atoms with van der Waals surface area (Å²) in [6, 6.07) is 10.0. The van der Waals surface area contributed by atoms with Crippen molar-refractivity contribution in [2.75, 3.05) is 12.4 Å². The molecule has 0 bridgehead atoms. The van der Waals surface area contributed by atoms with Crippen molar-refractivity contribution in [2.45, 2.75) is 6.54 Å². The molecule has 0 aromatic heterocycles. The van der Waals surface area contributed by atoms with Gasteiger partial charge in [-0.3, -0.25) is 0 Å². The molecule has 0 aliphatic rings. The second-order valence-electron chi connectivity index (χ2n) is 4.13. The van der Waals surface area contributed by atoms with Gasteiger partial charge in [-0.2, -0.15) is 0 Å². The summed E-state index contributed by atoms with van der Waals surface area (Å²) in [6.45, 7) is 0.183. The van der Waals surface area contributed by atoms with Gasteiger partial charge in [-0.25, -0.2) is 13.6 Å². The van der Waals surface area contributed by atoms with Crippen LogP contribution in [0, 0.1) is 11.6 Å². The lowest BCUT2D eigenvalue weighted by molar-refractivity contribution is 0.0601. The Morgan fingerprint density at radius 3 is 2.65 bits per heavy atom. The third kappa shape index (κ3) is 3.12. The van der Waals surface area contributed by atoms with E-state index in [1.54, 1.807) is 18.2 Å². The molecule has 0 unspecified atom stereocenters. The Morgan fingerprint density at radius 2 is 1.95 bits per heavy atom. The molecule has 1 N–H and O–H groups in total. The van der Waals surface area contributed by atoms with Crippen molar-refractivity contribution in [1.29, 1.82) is 0 Å². The van der Waals surface area contributed by atoms with Gasteiger partial charge >= 0.3 is 5.97 Å². The van der Waals surface area contributed by atoms with Gasteiger partial charge in [0.25, 0.3) is 0 Å². The van der Waals surface area contributed by atoms with E-state index in [1.165, 1.54) is 25.3 Å². The summed E-state index contributed by atoms with van der Waals surface area (Å²) in [6.07, 6.45) is 0. The van der Waals surface area contributed by atoms with Crippen LogP contribution in [0.4, 0.5) is 14.5 Å². The largest absolute Gasteiger partial charge is 0.465 e. The molecule has 2 aromatic carbocycles. The highest BCUT2D eigenvalue weighted by molar-refractivity contribution is 5.95. The number of anilines is 1. The monoisotopic (exact) mass is 277 g/mol. The molecule has 2 rings (SSSR count). The van der Waals surface area contributed by atoms with Gasteiger partial charge in [0.15, 0.2) is 0 Å². The molecule has 0 radical (unpaired) electrons. The zero-order valence-corrected chi connectivity index (χ0v) is 10.8. The molecule has 0 aliphatic heterocycles. The average Bonchev–Trinajstić information content (AvgIpc) is 2.46. The van der Waals surface area contributed by atoms with Gasteiger partial charge in [-0.15, -0.1) is 0 Å². The maximum absolute atomic E-state index is 13.5. The molecule has 0 heterocycles. The van der Waals surface area contributed by atoms with Crippen molar-refractivity contribution in [3.05, 3.63) is 65.2 Å². The maximum Gasteiger partial charge on any atom is 0.340 e. The fraction of sp³-hybridized carbons (Fsp3) is 0.133. The number of ether oxygens (including phenoxy) is 1. The van der Waals surface area contributed by atoms with Crippen LogP contribution >= 0.6 is 0 Å². The Labute approximate surface area is 115 Å². The van der Waals surface area contributed by atoms with E-state index in [0.29, 0.717) is 11.3 Å². The van der Waals surface area contributed by atoms with Gasteiger partial charge < -0.3 is 10.1 Å². The van der Waals surface area contributed by atoms with E-state index in [9.17, 15) is 13.6 Å². The first-order valence-electron chi connectivity index (χ1n) is 5.97. The summed E-state index contributed by atoms with van der Waals surface area (Å²) in [4.78, 5) is 11.6. The van der Waals surface area contributed by atoms with Crippen molar-refractivity contribution >= 4 is 11.7 Å². The van der Waals surface area contributed by atoms with E-state index >= 15 is 0 Å². The van der Waals surface area contributed by atoms with E-state index in [-0.39, 0.29) is 17.9 Å². The lowest BCUT2D eigenvalue weighted by Crippen LogP contribution is -2.09. The molecule has 104 valence electrons. The smallest absolute Gasteiger partial charge is 0.340 e. The van der Waals surface area contributed by atoms with Crippen LogP contribution in [0.3, 0.4) is 0 Å². The Morgan fingerprint density at radius 1 is 1.20 bits per heavy atom. The zero-order chi connectivity index (χ0) is 14.5. The van der Waals surface area contributed by atoms with E-state index in [2.05, 4.69) is 10.1 Å². The highest BCUT2D eigenvalue weighted by atomic mass is 19.1. The van der Waals surface area contributed by atoms with Crippen molar-refractivity contribution < 1.29 is 18.3 Å². The van der Waals surface area contributed by atoms with E-state index in [0.717, 1.165) is 6.07 Å². The molecule has 0 fully saturated rings. The molecule has 20 heavy (non-hydrogen) atoms. The Balaban J connectivity index is 2.21. The number of rotatable bonds is 4. The number of nitrogens with one attached hydrogen (secondary N) is 1. The fourth-order valence-electron chi connectivity index (χ4n) is 1.78. The standard InChI is InChI=1S/C15H13F2NO2/c1-20-15(19)12-8-11(16)6-7-14(12)18-9-10-4-2-3-5-13(10)17/h2-8,18H,9H2,1H3. The number of hydrogen-bond donors (Lipinski definition) is 1. The summed E-state index contributed by atoms with van der Waals surface area (Å²) >= 11 is 0. The van der Waals surface area contributed by atoms with E-state index in [4.69, 9.17) is 0 Å². The number of carbonyl (C=O) groups is 1. The highest BCUT2D eigenvalue weighted by Gasteiger charge is 2.13. The molecule has 0 saturated carbocycles. The average molecular weight is 277 g/mol. The summed E-state index contributed by atoms with van der Waals surface area (Å²) in [5.74, 6) is -1.54. The Hall–Kier alpha value is -2.43. The molecule has 5 heteroatoms. The van der Waals surface area contributed by atoms with Gasteiger partial charge in [0.2, 0.25) is 0 Å². The minimum Gasteiger partial charge on any atom is -0.465 e. The molecule has 0 saturated heterocycles. The number of halogens is 2. The lowest BCUT2D eigenvalue weighted by Gasteiger charge is -2.11. The predicted molar refractivity (Wildman–Crippen MR) is 71.5 cm³/mol. The van der Waals surface area contributed by atoms with E-state index < -0.39 is 11.8 Å². The number of benzene rings is 2. The first kappa shape index (κ1) is 14.0. The fourth-order valence-corrected chi connectivity index (χ4v) is 1.78. The normalized spacial score (nSPS) is 10.2. The van der Waals surface area contributed by atoms with E-state index in [1.807, 2.05) is 0 Å². The second-order valence-corrected chi connectivity index (χ2v) is 4.13. The molecule has 0 atom stereocenters. The van der Waals surface area contributed by atoms with Crippen LogP contribution in [-0.4, -0.2) is 13.1 Å². The number of methoxy groups -OCH3 is 1. The first-order valence-corrected chi connectivity index (χ1v) is 5.97. The van der Waals surface area contributed by atoms with Crippen LogP contribution in [0.15, 0.2) is 42.5 Å². The molecular formula is C15H13F2NO2. The highest BCUT2D eigenvalue weighted by Crippen LogP contribution is 2.19. The van der Waals surface area contributed by atoms with Crippen molar-refractivity contribution in [1.82, 2.24) is 0 Å². The molecule has 0 aliphatic carbocycles. The molecule has 0 amide bonds. The summed E-state index contributed by atoms with van der Waals surface area (Å²) in [5.41, 5.74) is 0.915. The topological polar surface area (TPSA) is 38.3 Å². The molecule has 2 aromatic rings. The molecule has 3 nitrogen and oxygen atoms in total. The molecule has 0 spiro atoms. The summed E-state index contributed by atoms with van der Waals surface area (Å²) in [5, 5.41) is 2.91. The van der Waals surface area contributed by atoms with Gasteiger partial charge in [0, 0.05) is 17.8 Å².